The molecule has 1 nitrogen and oxygen atoms in total. The van der Waals surface area contributed by atoms with E-state index in [4.69, 9.17) is 0 Å². The molecule has 0 N–H and O–H groups in total. The normalized spacial score (nSPS) is 11.0. The van der Waals surface area contributed by atoms with Crippen LogP contribution in [-0.4, -0.2) is 5.78 Å². The first-order chi connectivity index (χ1) is 14.8. The van der Waals surface area contributed by atoms with Gasteiger partial charge in [-0.3, -0.25) is 4.79 Å². The van der Waals surface area contributed by atoms with Crippen LogP contribution in [-0.2, 0) is 12.8 Å². The number of rotatable bonds is 16. The average Bonchev–Trinajstić information content (AvgIpc) is 2.78. The highest BCUT2D eigenvalue weighted by Gasteiger charge is 2.16. The molecule has 0 saturated heterocycles. The van der Waals surface area contributed by atoms with Gasteiger partial charge in [0.15, 0.2) is 5.78 Å². The van der Waals surface area contributed by atoms with Gasteiger partial charge < -0.3 is 0 Å². The summed E-state index contributed by atoms with van der Waals surface area (Å²) < 4.78 is 0. The van der Waals surface area contributed by atoms with Crippen molar-refractivity contribution >= 4 is 5.78 Å². The predicted molar refractivity (Wildman–Crippen MR) is 130 cm³/mol. The van der Waals surface area contributed by atoms with E-state index in [-0.39, 0.29) is 5.78 Å². The van der Waals surface area contributed by atoms with Gasteiger partial charge in [-0.25, -0.2) is 0 Å². The minimum absolute atomic E-state index is 0.207. The summed E-state index contributed by atoms with van der Waals surface area (Å²) in [5, 5.41) is 0. The number of benzene rings is 2. The first-order valence-corrected chi connectivity index (χ1v) is 12.5. The predicted octanol–water partition coefficient (Wildman–Crippen LogP) is 8.72. The van der Waals surface area contributed by atoms with E-state index in [1.807, 2.05) is 24.3 Å². The van der Waals surface area contributed by atoms with Crippen LogP contribution in [0.2, 0.25) is 0 Å². The quantitative estimate of drug-likeness (QED) is 0.201. The third-order valence-corrected chi connectivity index (χ3v) is 6.12. The van der Waals surface area contributed by atoms with Crippen LogP contribution in [0.5, 0.6) is 0 Å². The van der Waals surface area contributed by atoms with Crippen LogP contribution in [0.3, 0.4) is 0 Å². The highest BCUT2D eigenvalue weighted by Crippen LogP contribution is 2.21. The van der Waals surface area contributed by atoms with Gasteiger partial charge in [0.1, 0.15) is 0 Å². The Morgan fingerprint density at radius 1 is 0.533 bits per heavy atom. The second-order valence-electron chi connectivity index (χ2n) is 8.68. The van der Waals surface area contributed by atoms with Gasteiger partial charge in [-0.1, -0.05) is 127 Å². The molecule has 164 valence electrons. The standard InChI is InChI=1S/C29H42O/c1-3-5-7-9-11-13-19-25-21-15-17-23-27(25)29(30)28-24-18-16-22-26(28)20-14-12-10-8-6-4-2/h15-18,21-24H,3-14,19-20H2,1-2H3. The van der Waals surface area contributed by atoms with E-state index in [1.165, 1.54) is 88.2 Å². The zero-order chi connectivity index (χ0) is 21.4. The van der Waals surface area contributed by atoms with Crippen LogP contribution in [0.1, 0.15) is 118 Å². The molecule has 30 heavy (non-hydrogen) atoms. The van der Waals surface area contributed by atoms with Gasteiger partial charge in [-0.15, -0.1) is 0 Å². The van der Waals surface area contributed by atoms with Crippen LogP contribution in [0.25, 0.3) is 0 Å². The van der Waals surface area contributed by atoms with Crippen molar-refractivity contribution in [3.05, 3.63) is 70.8 Å². The Labute approximate surface area is 185 Å². The van der Waals surface area contributed by atoms with Gasteiger partial charge >= 0.3 is 0 Å². The molecule has 2 aromatic carbocycles. The number of carbonyl (C=O) groups excluding carboxylic acids is 1. The monoisotopic (exact) mass is 406 g/mol. The maximum absolute atomic E-state index is 13.4. The fourth-order valence-corrected chi connectivity index (χ4v) is 4.26. The molecule has 0 unspecified atom stereocenters. The van der Waals surface area contributed by atoms with Crippen LogP contribution < -0.4 is 0 Å². The summed E-state index contributed by atoms with van der Waals surface area (Å²) in [5.41, 5.74) is 4.24. The fraction of sp³-hybridized carbons (Fsp3) is 0.552. The number of unbranched alkanes of at least 4 members (excludes halogenated alkanes) is 10. The molecule has 0 atom stereocenters. The first-order valence-electron chi connectivity index (χ1n) is 12.5. The molecule has 0 heterocycles. The molecule has 0 aliphatic rings. The molecule has 0 aliphatic carbocycles. The minimum atomic E-state index is 0.207. The molecule has 0 radical (unpaired) electrons. The molecule has 2 rings (SSSR count). The molecule has 0 spiro atoms. The van der Waals surface area contributed by atoms with Crippen molar-refractivity contribution in [3.63, 3.8) is 0 Å². The van der Waals surface area contributed by atoms with Crippen molar-refractivity contribution in [2.45, 2.75) is 104 Å². The van der Waals surface area contributed by atoms with Crippen LogP contribution in [0.15, 0.2) is 48.5 Å². The Kier molecular flexibility index (Phi) is 12.2. The molecular weight excluding hydrogens is 364 g/mol. The molecule has 0 saturated carbocycles. The number of aryl methyl sites for hydroxylation is 2. The summed E-state index contributed by atoms with van der Waals surface area (Å²) in [4.78, 5) is 13.4. The van der Waals surface area contributed by atoms with E-state index in [2.05, 4.69) is 38.1 Å². The van der Waals surface area contributed by atoms with E-state index >= 15 is 0 Å². The van der Waals surface area contributed by atoms with E-state index in [9.17, 15) is 4.79 Å². The van der Waals surface area contributed by atoms with Crippen molar-refractivity contribution in [1.82, 2.24) is 0 Å². The molecule has 0 bridgehead atoms. The van der Waals surface area contributed by atoms with Gasteiger partial charge in [0, 0.05) is 11.1 Å². The number of hydrogen-bond donors (Lipinski definition) is 0. The summed E-state index contributed by atoms with van der Waals surface area (Å²) in [6, 6.07) is 16.5. The van der Waals surface area contributed by atoms with Crippen molar-refractivity contribution in [2.24, 2.45) is 0 Å². The lowest BCUT2D eigenvalue weighted by Crippen LogP contribution is -2.09. The molecule has 2 aromatic rings. The molecule has 0 aromatic heterocycles. The van der Waals surface area contributed by atoms with Crippen molar-refractivity contribution in [1.29, 1.82) is 0 Å². The van der Waals surface area contributed by atoms with Crippen molar-refractivity contribution in [3.8, 4) is 0 Å². The maximum atomic E-state index is 13.4. The summed E-state index contributed by atoms with van der Waals surface area (Å²) >= 11 is 0. The van der Waals surface area contributed by atoms with Crippen molar-refractivity contribution < 1.29 is 4.79 Å². The summed E-state index contributed by atoms with van der Waals surface area (Å²) in [6.45, 7) is 4.51. The van der Waals surface area contributed by atoms with Crippen LogP contribution in [0.4, 0.5) is 0 Å². The van der Waals surface area contributed by atoms with E-state index in [0.717, 1.165) is 24.0 Å². The SMILES string of the molecule is CCCCCCCCc1ccccc1C(=O)c1ccccc1CCCCCCCC. The molecule has 1 heteroatoms. The zero-order valence-electron chi connectivity index (χ0n) is 19.4. The minimum Gasteiger partial charge on any atom is -0.289 e. The first kappa shape index (κ1) is 24.4. The third-order valence-electron chi connectivity index (χ3n) is 6.12. The Balaban J connectivity index is 1.97. The van der Waals surface area contributed by atoms with Crippen LogP contribution >= 0.6 is 0 Å². The van der Waals surface area contributed by atoms with E-state index in [1.54, 1.807) is 0 Å². The molecular formula is C29H42O. The average molecular weight is 407 g/mol. The van der Waals surface area contributed by atoms with Crippen LogP contribution in [0, 0.1) is 0 Å². The zero-order valence-corrected chi connectivity index (χ0v) is 19.4. The maximum Gasteiger partial charge on any atom is 0.193 e. The molecule has 0 amide bonds. The highest BCUT2D eigenvalue weighted by atomic mass is 16.1. The number of carbonyl (C=O) groups is 1. The Morgan fingerprint density at radius 3 is 1.33 bits per heavy atom. The lowest BCUT2D eigenvalue weighted by Gasteiger charge is -2.12. The second-order valence-corrected chi connectivity index (χ2v) is 8.68. The Hall–Kier alpha value is -1.89. The summed E-state index contributed by atoms with van der Waals surface area (Å²) in [6.07, 6.45) is 17.4. The lowest BCUT2D eigenvalue weighted by atomic mass is 9.91. The highest BCUT2D eigenvalue weighted by molar-refractivity contribution is 6.10. The van der Waals surface area contributed by atoms with E-state index < -0.39 is 0 Å². The summed E-state index contributed by atoms with van der Waals surface area (Å²) in [5.74, 6) is 0.207. The largest absolute Gasteiger partial charge is 0.289 e. The topological polar surface area (TPSA) is 17.1 Å². The van der Waals surface area contributed by atoms with Gasteiger partial charge in [0.05, 0.1) is 0 Å². The summed E-state index contributed by atoms with van der Waals surface area (Å²) in [7, 11) is 0. The smallest absolute Gasteiger partial charge is 0.193 e. The van der Waals surface area contributed by atoms with Gasteiger partial charge in [0.25, 0.3) is 0 Å². The number of ketones is 1. The van der Waals surface area contributed by atoms with E-state index in [0.29, 0.717) is 0 Å². The van der Waals surface area contributed by atoms with Crippen molar-refractivity contribution in [2.75, 3.05) is 0 Å². The lowest BCUT2D eigenvalue weighted by molar-refractivity contribution is 0.103. The number of hydrogen-bond acceptors (Lipinski definition) is 1. The molecule has 0 fully saturated rings. The van der Waals surface area contributed by atoms with Gasteiger partial charge in [-0.2, -0.15) is 0 Å². The Bertz CT molecular complexity index is 669. The fourth-order valence-electron chi connectivity index (χ4n) is 4.26. The van der Waals surface area contributed by atoms with Gasteiger partial charge in [0.2, 0.25) is 0 Å². The molecule has 0 aliphatic heterocycles. The third kappa shape index (κ3) is 8.46. The Morgan fingerprint density at radius 2 is 0.900 bits per heavy atom. The van der Waals surface area contributed by atoms with Gasteiger partial charge in [-0.05, 0) is 36.8 Å². The second kappa shape index (κ2) is 15.0.